The fourth-order valence-electron chi connectivity index (χ4n) is 3.55. The molecule has 0 aromatic heterocycles. The minimum absolute atomic E-state index is 0.0391. The van der Waals surface area contributed by atoms with Gasteiger partial charge in [-0.2, -0.15) is 0 Å². The Morgan fingerprint density at radius 3 is 0.882 bits per heavy atom. The van der Waals surface area contributed by atoms with E-state index >= 15 is 13.2 Å². The van der Waals surface area contributed by atoms with Crippen LogP contribution in [0.4, 0.5) is 39.5 Å². The molecule has 0 atom stereocenters. The molecule has 0 unspecified atom stereocenters. The largest absolute Gasteiger partial charge is 0.491 e. The number of ether oxygens (including phenoxy) is 3. The maximum Gasteiger partial charge on any atom is 0.264 e. The van der Waals surface area contributed by atoms with Crippen LogP contribution in [0.25, 0.3) is 0 Å². The lowest BCUT2D eigenvalue weighted by molar-refractivity contribution is 0.357. The molecule has 3 aromatic rings. The molecule has 0 fully saturated rings. The van der Waals surface area contributed by atoms with Crippen molar-refractivity contribution in [3.8, 4) is 17.2 Å². The Hall–Kier alpha value is -3.51. The van der Waals surface area contributed by atoms with Crippen molar-refractivity contribution in [2.75, 3.05) is 21.3 Å². The summed E-state index contributed by atoms with van der Waals surface area (Å²) in [6.45, 7) is -2.74. The molecule has 0 saturated carbocycles. The summed E-state index contributed by atoms with van der Waals surface area (Å²) >= 11 is 0. The molecular weight excluding hydrogens is 482 g/mol. The summed E-state index contributed by atoms with van der Waals surface area (Å²) in [5.74, 6) is -19.8. The van der Waals surface area contributed by atoms with Crippen molar-refractivity contribution >= 4 is 23.1 Å². The molecule has 0 heterocycles. The van der Waals surface area contributed by atoms with Gasteiger partial charge >= 0.3 is 0 Å². The Morgan fingerprint density at radius 1 is 0.441 bits per heavy atom. The van der Waals surface area contributed by atoms with E-state index in [1.165, 1.54) is 0 Å². The monoisotopic (exact) mass is 494 g/mol. The first-order valence-electron chi connectivity index (χ1n) is 9.14. The van der Waals surface area contributed by atoms with Gasteiger partial charge in [0.15, 0.2) is 52.2 Å². The molecule has 3 aromatic carbocycles. The lowest BCUT2D eigenvalue weighted by atomic mass is 9.36. The quantitative estimate of drug-likeness (QED) is 0.388. The van der Waals surface area contributed by atoms with Gasteiger partial charge in [-0.25, -0.2) is 39.5 Å². The molecule has 0 amide bonds. The second-order valence-corrected chi connectivity index (χ2v) is 6.74. The van der Waals surface area contributed by atoms with Crippen LogP contribution in [0, 0.1) is 52.4 Å². The van der Waals surface area contributed by atoms with Gasteiger partial charge < -0.3 is 14.2 Å². The normalized spacial score (nSPS) is 10.9. The summed E-state index contributed by atoms with van der Waals surface area (Å²) in [7, 11) is 2.30. The molecule has 0 aliphatic rings. The van der Waals surface area contributed by atoms with Crippen molar-refractivity contribution < 1.29 is 53.7 Å². The van der Waals surface area contributed by atoms with E-state index in [2.05, 4.69) is 14.2 Å². The van der Waals surface area contributed by atoms with Crippen LogP contribution < -0.4 is 30.6 Å². The number of rotatable bonds is 6. The van der Waals surface area contributed by atoms with Crippen molar-refractivity contribution in [1.82, 2.24) is 0 Å². The van der Waals surface area contributed by atoms with E-state index in [1.807, 2.05) is 0 Å². The predicted molar refractivity (Wildman–Crippen MR) is 103 cm³/mol. The molecule has 3 rings (SSSR count). The summed E-state index contributed by atoms with van der Waals surface area (Å²) in [4.78, 5) is 0. The zero-order chi connectivity index (χ0) is 25.5. The maximum atomic E-state index is 15.2. The summed E-state index contributed by atoms with van der Waals surface area (Å²) in [6, 6.07) is 0.117. The number of benzene rings is 3. The highest BCUT2D eigenvalue weighted by Crippen LogP contribution is 2.27. The van der Waals surface area contributed by atoms with Gasteiger partial charge in [0.1, 0.15) is 17.5 Å². The van der Waals surface area contributed by atoms with E-state index in [1.54, 1.807) is 0 Å². The highest BCUT2D eigenvalue weighted by Gasteiger charge is 2.41. The topological polar surface area (TPSA) is 27.7 Å². The Kier molecular flexibility index (Phi) is 6.94. The first kappa shape index (κ1) is 25.1. The van der Waals surface area contributed by atoms with E-state index in [0.29, 0.717) is 0 Å². The standard InChI is InChI=1S/C21H12BF9O3/c1-32-19-10(26)4-7(23)13(16(19)29)22(14-8(24)5-11(27)20(33-2)17(14)30)15-9(25)6-12(28)21(34-3)18(15)31/h4-6H,1-3H3. The third-order valence-electron chi connectivity index (χ3n) is 4.97. The molecular formula is C21H12BF9O3. The predicted octanol–water partition coefficient (Wildman–Crippen LogP) is 3.48. The number of halogens is 9. The second-order valence-electron chi connectivity index (χ2n) is 6.74. The highest BCUT2D eigenvalue weighted by molar-refractivity contribution is 6.96. The minimum Gasteiger partial charge on any atom is -0.491 e. The molecule has 0 aliphatic heterocycles. The van der Waals surface area contributed by atoms with E-state index in [0.717, 1.165) is 21.3 Å². The molecule has 0 saturated heterocycles. The first-order valence-corrected chi connectivity index (χ1v) is 9.14. The molecule has 34 heavy (non-hydrogen) atoms. The molecule has 0 bridgehead atoms. The molecule has 13 heteroatoms. The fourth-order valence-corrected chi connectivity index (χ4v) is 3.55. The van der Waals surface area contributed by atoms with E-state index in [-0.39, 0.29) is 18.2 Å². The summed E-state index contributed by atoms with van der Waals surface area (Å²) in [5, 5.41) is 0. The Bertz CT molecular complexity index is 1130. The van der Waals surface area contributed by atoms with E-state index in [4.69, 9.17) is 0 Å². The van der Waals surface area contributed by atoms with E-state index in [9.17, 15) is 26.3 Å². The smallest absolute Gasteiger partial charge is 0.264 e. The Morgan fingerprint density at radius 2 is 0.676 bits per heavy atom. The highest BCUT2D eigenvalue weighted by atomic mass is 19.2. The van der Waals surface area contributed by atoms with Crippen molar-refractivity contribution in [1.29, 1.82) is 0 Å². The zero-order valence-corrected chi connectivity index (χ0v) is 17.4. The third-order valence-corrected chi connectivity index (χ3v) is 4.97. The average molecular weight is 494 g/mol. The first-order chi connectivity index (χ1) is 16.0. The van der Waals surface area contributed by atoms with Gasteiger partial charge in [-0.3, -0.25) is 0 Å². The van der Waals surface area contributed by atoms with Crippen LogP contribution in [0.2, 0.25) is 0 Å². The van der Waals surface area contributed by atoms with Gasteiger partial charge in [0.05, 0.1) is 21.3 Å². The molecule has 180 valence electrons. The average Bonchev–Trinajstić information content (AvgIpc) is 2.73. The van der Waals surface area contributed by atoms with E-state index < -0.39 is 92.7 Å². The molecule has 0 N–H and O–H groups in total. The Labute approximate surface area is 186 Å². The number of hydrogen-bond acceptors (Lipinski definition) is 3. The SMILES string of the molecule is COc1c(F)cc(F)c(B(c2c(F)cc(F)c(OC)c2F)c2c(F)cc(F)c(OC)c2F)c1F. The Balaban J connectivity index is 2.58. The molecule has 0 radical (unpaired) electrons. The van der Waals surface area contributed by atoms with Crippen LogP contribution in [-0.4, -0.2) is 28.0 Å². The van der Waals surface area contributed by atoms with Crippen molar-refractivity contribution in [3.63, 3.8) is 0 Å². The zero-order valence-electron chi connectivity index (χ0n) is 17.4. The minimum atomic E-state index is -2.74. The van der Waals surface area contributed by atoms with Gasteiger partial charge in [0, 0.05) is 34.6 Å². The second kappa shape index (κ2) is 9.39. The van der Waals surface area contributed by atoms with Crippen molar-refractivity contribution in [3.05, 3.63) is 70.6 Å². The summed E-state index contributed by atoms with van der Waals surface area (Å²) in [5.41, 5.74) is -4.47. The molecule has 0 spiro atoms. The van der Waals surface area contributed by atoms with Gasteiger partial charge in [-0.05, 0) is 0 Å². The van der Waals surface area contributed by atoms with Crippen LogP contribution in [0.15, 0.2) is 18.2 Å². The van der Waals surface area contributed by atoms with Crippen LogP contribution in [0.5, 0.6) is 17.2 Å². The van der Waals surface area contributed by atoms with Crippen molar-refractivity contribution in [2.45, 2.75) is 0 Å². The lowest BCUT2D eigenvalue weighted by Crippen LogP contribution is -2.59. The van der Waals surface area contributed by atoms with Gasteiger partial charge in [-0.1, -0.05) is 0 Å². The van der Waals surface area contributed by atoms with Crippen LogP contribution in [0.1, 0.15) is 0 Å². The molecule has 0 aliphatic carbocycles. The van der Waals surface area contributed by atoms with Gasteiger partial charge in [-0.15, -0.1) is 0 Å². The van der Waals surface area contributed by atoms with Crippen molar-refractivity contribution in [2.24, 2.45) is 0 Å². The molecule has 3 nitrogen and oxygen atoms in total. The van der Waals surface area contributed by atoms with Crippen LogP contribution in [-0.2, 0) is 0 Å². The maximum absolute atomic E-state index is 15.2. The summed E-state index contributed by atoms with van der Waals surface area (Å²) in [6.07, 6.45) is 0. The lowest BCUT2D eigenvalue weighted by Gasteiger charge is -2.22. The number of methoxy groups -OCH3 is 3. The van der Waals surface area contributed by atoms with Crippen LogP contribution in [0.3, 0.4) is 0 Å². The fraction of sp³-hybridized carbons (Fsp3) is 0.143. The number of hydrogen-bond donors (Lipinski definition) is 0. The van der Waals surface area contributed by atoms with Crippen LogP contribution >= 0.6 is 0 Å². The third kappa shape index (κ3) is 3.88. The van der Waals surface area contributed by atoms with Gasteiger partial charge in [0.2, 0.25) is 0 Å². The van der Waals surface area contributed by atoms with Gasteiger partial charge in [0.25, 0.3) is 6.71 Å². The summed E-state index contributed by atoms with van der Waals surface area (Å²) < 4.78 is 145.